The molecule has 2 heterocycles. The number of hydrogen-bond donors (Lipinski definition) is 2. The lowest BCUT2D eigenvalue weighted by Gasteiger charge is -2.18. The van der Waals surface area contributed by atoms with E-state index in [0.717, 1.165) is 5.56 Å². The maximum absolute atomic E-state index is 11.2. The van der Waals surface area contributed by atoms with Gasteiger partial charge in [0.05, 0.1) is 30.0 Å². The fourth-order valence-electron chi connectivity index (χ4n) is 1.61. The fraction of sp³-hybridized carbons (Fsp3) is 0.167. The van der Waals surface area contributed by atoms with Gasteiger partial charge in [-0.3, -0.25) is 4.79 Å². The summed E-state index contributed by atoms with van der Waals surface area (Å²) < 4.78 is 4.99. The zero-order chi connectivity index (χ0) is 13.1. The van der Waals surface area contributed by atoms with Gasteiger partial charge in [0.2, 0.25) is 0 Å². The smallest absolute Gasteiger partial charge is 0.250 e. The summed E-state index contributed by atoms with van der Waals surface area (Å²) in [5.74, 6) is 0.0621. The number of nitrogens with zero attached hydrogens (tertiary/aromatic N) is 2. The van der Waals surface area contributed by atoms with E-state index < -0.39 is 5.91 Å². The third-order valence-corrected chi connectivity index (χ3v) is 2.58. The first kappa shape index (κ1) is 12.0. The minimum absolute atomic E-state index is 0.277. The molecule has 6 nitrogen and oxygen atoms in total. The molecule has 0 aliphatic heterocycles. The third kappa shape index (κ3) is 2.42. The van der Waals surface area contributed by atoms with Crippen LogP contribution < -0.4 is 16.4 Å². The Labute approximate surface area is 104 Å². The van der Waals surface area contributed by atoms with Crippen LogP contribution in [0.15, 0.2) is 35.3 Å². The van der Waals surface area contributed by atoms with Crippen LogP contribution in [-0.2, 0) is 6.54 Å². The second-order valence-electron chi connectivity index (χ2n) is 3.98. The molecule has 4 N–H and O–H groups in total. The van der Waals surface area contributed by atoms with E-state index in [1.165, 1.54) is 6.20 Å². The van der Waals surface area contributed by atoms with Crippen LogP contribution in [0.2, 0.25) is 0 Å². The molecule has 18 heavy (non-hydrogen) atoms. The van der Waals surface area contributed by atoms with Crippen LogP contribution in [0.1, 0.15) is 15.9 Å². The molecule has 0 radical (unpaired) electrons. The number of hydrogen-bond acceptors (Lipinski definition) is 5. The Morgan fingerprint density at radius 1 is 1.56 bits per heavy atom. The lowest BCUT2D eigenvalue weighted by molar-refractivity contribution is 0.100. The standard InChI is InChI=1S/C12H14N4O2/c1-16(6-8-2-3-18-7-8)11-4-9(12(14)17)10(13)5-15-11/h2-5,7H,6,13H2,1H3,(H2,14,17). The lowest BCUT2D eigenvalue weighted by Crippen LogP contribution is -2.20. The highest BCUT2D eigenvalue weighted by molar-refractivity contribution is 5.98. The van der Waals surface area contributed by atoms with Crippen molar-refractivity contribution in [2.24, 2.45) is 5.73 Å². The first-order valence-corrected chi connectivity index (χ1v) is 5.35. The van der Waals surface area contributed by atoms with Crippen LogP contribution in [0, 0.1) is 0 Å². The Kier molecular flexibility index (Phi) is 3.18. The van der Waals surface area contributed by atoms with Crippen LogP contribution >= 0.6 is 0 Å². The van der Waals surface area contributed by atoms with Crippen LogP contribution in [-0.4, -0.2) is 17.9 Å². The number of nitrogens with two attached hydrogens (primary N) is 2. The van der Waals surface area contributed by atoms with Gasteiger partial charge in [-0.15, -0.1) is 0 Å². The van der Waals surface area contributed by atoms with Crippen LogP contribution in [0.5, 0.6) is 0 Å². The predicted molar refractivity (Wildman–Crippen MR) is 68.0 cm³/mol. The number of nitrogen functional groups attached to an aromatic ring is 1. The van der Waals surface area contributed by atoms with E-state index in [2.05, 4.69) is 4.98 Å². The maximum atomic E-state index is 11.2. The number of pyridine rings is 1. The van der Waals surface area contributed by atoms with Crippen molar-refractivity contribution >= 4 is 17.4 Å². The minimum atomic E-state index is -0.562. The second kappa shape index (κ2) is 4.79. The van der Waals surface area contributed by atoms with Gasteiger partial charge in [0.25, 0.3) is 5.91 Å². The maximum Gasteiger partial charge on any atom is 0.250 e. The van der Waals surface area contributed by atoms with Crippen LogP contribution in [0.4, 0.5) is 11.5 Å². The van der Waals surface area contributed by atoms with Crippen molar-refractivity contribution in [3.63, 3.8) is 0 Å². The van der Waals surface area contributed by atoms with Crippen molar-refractivity contribution in [3.8, 4) is 0 Å². The molecule has 0 saturated carbocycles. The molecule has 0 fully saturated rings. The largest absolute Gasteiger partial charge is 0.472 e. The summed E-state index contributed by atoms with van der Waals surface area (Å²) in [5, 5.41) is 0. The van der Waals surface area contributed by atoms with Gasteiger partial charge in [0.15, 0.2) is 0 Å². The Morgan fingerprint density at radius 3 is 2.94 bits per heavy atom. The van der Waals surface area contributed by atoms with Crippen molar-refractivity contribution in [2.45, 2.75) is 6.54 Å². The Bertz CT molecular complexity index is 551. The average molecular weight is 246 g/mol. The molecule has 1 amide bonds. The van der Waals surface area contributed by atoms with E-state index >= 15 is 0 Å². The quantitative estimate of drug-likeness (QED) is 0.838. The molecule has 0 aromatic carbocycles. The summed E-state index contributed by atoms with van der Waals surface area (Å²) in [6, 6.07) is 3.44. The average Bonchev–Trinajstić information content (AvgIpc) is 2.81. The Balaban J connectivity index is 2.22. The van der Waals surface area contributed by atoms with Crippen molar-refractivity contribution < 1.29 is 9.21 Å². The number of carbonyl (C=O) groups is 1. The minimum Gasteiger partial charge on any atom is -0.472 e. The van der Waals surface area contributed by atoms with E-state index in [4.69, 9.17) is 15.9 Å². The summed E-state index contributed by atoms with van der Waals surface area (Å²) in [7, 11) is 1.86. The molecule has 2 rings (SSSR count). The van der Waals surface area contributed by atoms with E-state index in [1.807, 2.05) is 18.0 Å². The van der Waals surface area contributed by atoms with Gasteiger partial charge in [-0.25, -0.2) is 4.98 Å². The van der Waals surface area contributed by atoms with E-state index in [1.54, 1.807) is 18.6 Å². The van der Waals surface area contributed by atoms with Crippen molar-refractivity contribution in [3.05, 3.63) is 42.0 Å². The summed E-state index contributed by atoms with van der Waals surface area (Å²) in [4.78, 5) is 17.2. The first-order valence-electron chi connectivity index (χ1n) is 5.35. The summed E-state index contributed by atoms with van der Waals surface area (Å²) in [6.45, 7) is 0.617. The molecule has 2 aromatic rings. The first-order chi connectivity index (χ1) is 8.58. The number of carbonyl (C=O) groups excluding carboxylic acids is 1. The summed E-state index contributed by atoms with van der Waals surface area (Å²) >= 11 is 0. The van der Waals surface area contributed by atoms with Crippen molar-refractivity contribution in [2.75, 3.05) is 17.7 Å². The summed E-state index contributed by atoms with van der Waals surface area (Å²) in [6.07, 6.45) is 4.69. The highest BCUT2D eigenvalue weighted by Crippen LogP contribution is 2.18. The van der Waals surface area contributed by atoms with Crippen molar-refractivity contribution in [1.82, 2.24) is 4.98 Å². The van der Waals surface area contributed by atoms with Gasteiger partial charge < -0.3 is 20.8 Å². The molecule has 0 saturated heterocycles. The highest BCUT2D eigenvalue weighted by Gasteiger charge is 2.11. The highest BCUT2D eigenvalue weighted by atomic mass is 16.3. The van der Waals surface area contributed by atoms with Crippen LogP contribution in [0.3, 0.4) is 0 Å². The molecular weight excluding hydrogens is 232 g/mol. The molecular formula is C12H14N4O2. The van der Waals surface area contributed by atoms with Crippen molar-refractivity contribution in [1.29, 1.82) is 0 Å². The number of primary amides is 1. The molecule has 6 heteroatoms. The number of aromatic nitrogens is 1. The molecule has 0 atom stereocenters. The topological polar surface area (TPSA) is 98.4 Å². The molecule has 0 spiro atoms. The Morgan fingerprint density at radius 2 is 2.33 bits per heavy atom. The monoisotopic (exact) mass is 246 g/mol. The molecule has 0 aliphatic carbocycles. The molecule has 2 aromatic heterocycles. The van der Waals surface area contributed by atoms with E-state index in [0.29, 0.717) is 12.4 Å². The van der Waals surface area contributed by atoms with E-state index in [9.17, 15) is 4.79 Å². The molecule has 0 bridgehead atoms. The number of rotatable bonds is 4. The fourth-order valence-corrected chi connectivity index (χ4v) is 1.61. The normalized spacial score (nSPS) is 10.3. The number of furan rings is 1. The van der Waals surface area contributed by atoms with Gasteiger partial charge in [-0.05, 0) is 12.1 Å². The zero-order valence-electron chi connectivity index (χ0n) is 9.96. The second-order valence-corrected chi connectivity index (χ2v) is 3.98. The summed E-state index contributed by atoms with van der Waals surface area (Å²) in [5.41, 5.74) is 12.4. The van der Waals surface area contributed by atoms with Gasteiger partial charge in [-0.2, -0.15) is 0 Å². The lowest BCUT2D eigenvalue weighted by atomic mass is 10.2. The zero-order valence-corrected chi connectivity index (χ0v) is 9.96. The van der Waals surface area contributed by atoms with Gasteiger partial charge in [0, 0.05) is 19.2 Å². The van der Waals surface area contributed by atoms with Gasteiger partial charge >= 0.3 is 0 Å². The van der Waals surface area contributed by atoms with Crippen LogP contribution in [0.25, 0.3) is 0 Å². The third-order valence-electron chi connectivity index (χ3n) is 2.58. The molecule has 94 valence electrons. The molecule has 0 aliphatic rings. The number of anilines is 2. The number of amides is 1. The SMILES string of the molecule is CN(Cc1ccoc1)c1cc(C(N)=O)c(N)cn1. The Hall–Kier alpha value is -2.50. The predicted octanol–water partition coefficient (Wildman–Crippen LogP) is 0.992. The van der Waals surface area contributed by atoms with Gasteiger partial charge in [-0.1, -0.05) is 0 Å². The van der Waals surface area contributed by atoms with E-state index in [-0.39, 0.29) is 11.3 Å². The van der Waals surface area contributed by atoms with Gasteiger partial charge in [0.1, 0.15) is 5.82 Å². The molecule has 0 unspecified atom stereocenters.